The molecule has 0 aliphatic carbocycles. The molecule has 0 spiro atoms. The lowest BCUT2D eigenvalue weighted by Crippen LogP contribution is -2.51. The minimum absolute atomic E-state index is 0.0544. The summed E-state index contributed by atoms with van der Waals surface area (Å²) in [5, 5.41) is 13.5. The first-order valence-electron chi connectivity index (χ1n) is 5.41. The van der Waals surface area contributed by atoms with Crippen molar-refractivity contribution in [3.05, 3.63) is 0 Å². The van der Waals surface area contributed by atoms with Crippen molar-refractivity contribution < 1.29 is 9.84 Å². The average molecular weight is 201 g/mol. The van der Waals surface area contributed by atoms with Crippen LogP contribution in [0.3, 0.4) is 0 Å². The number of β-amino-alcohol motifs (C(OH)–C–C–N with tert-alkyl or cyclic N) is 1. The minimum Gasteiger partial charge on any atom is -0.389 e. The van der Waals surface area contributed by atoms with Crippen molar-refractivity contribution in [3.63, 3.8) is 0 Å². The summed E-state index contributed by atoms with van der Waals surface area (Å²) in [6, 6.07) is 0. The Hall–Kier alpha value is -0.120. The zero-order chi connectivity index (χ0) is 10.8. The molecule has 0 amide bonds. The quantitative estimate of drug-likeness (QED) is 0.717. The fraction of sp³-hybridized carbons (Fsp3) is 1.00. The predicted octanol–water partition coefficient (Wildman–Crippen LogP) is 1.16. The second-order valence-corrected chi connectivity index (χ2v) is 5.23. The molecule has 0 aromatic carbocycles. The second-order valence-electron chi connectivity index (χ2n) is 5.23. The Morgan fingerprint density at radius 1 is 1.57 bits per heavy atom. The fourth-order valence-corrected chi connectivity index (χ4v) is 1.40. The summed E-state index contributed by atoms with van der Waals surface area (Å²) in [4.78, 5) is 0. The summed E-state index contributed by atoms with van der Waals surface area (Å²) in [5.41, 5.74) is -0.579. The Balaban J connectivity index is 2.39. The van der Waals surface area contributed by atoms with Gasteiger partial charge in [0.1, 0.15) is 0 Å². The molecule has 2 atom stereocenters. The third-order valence-electron chi connectivity index (χ3n) is 3.34. The predicted molar refractivity (Wildman–Crippen MR) is 57.3 cm³/mol. The molecule has 3 heteroatoms. The normalized spacial score (nSPS) is 32.1. The molecule has 14 heavy (non-hydrogen) atoms. The summed E-state index contributed by atoms with van der Waals surface area (Å²) in [7, 11) is 0. The number of nitrogens with one attached hydrogen (secondary N) is 1. The number of hydrogen-bond donors (Lipinski definition) is 2. The molecule has 0 aromatic rings. The van der Waals surface area contributed by atoms with E-state index in [1.54, 1.807) is 0 Å². The Morgan fingerprint density at radius 3 is 2.64 bits per heavy atom. The summed E-state index contributed by atoms with van der Waals surface area (Å²) >= 11 is 0. The van der Waals surface area contributed by atoms with Gasteiger partial charge in [0.05, 0.1) is 12.2 Å². The molecule has 1 aliphatic heterocycles. The second kappa shape index (κ2) is 4.17. The van der Waals surface area contributed by atoms with Gasteiger partial charge in [0.2, 0.25) is 0 Å². The van der Waals surface area contributed by atoms with Gasteiger partial charge in [-0.2, -0.15) is 0 Å². The van der Waals surface area contributed by atoms with Crippen LogP contribution in [-0.4, -0.2) is 36.0 Å². The molecular weight excluding hydrogens is 178 g/mol. The Morgan fingerprint density at radius 2 is 2.21 bits per heavy atom. The van der Waals surface area contributed by atoms with Gasteiger partial charge in [-0.05, 0) is 26.2 Å². The molecule has 1 fully saturated rings. The standard InChI is InChI=1S/C11H23NO2/c1-9(2)11(4,13)7-12-10(3)5-6-14-8-10/h9,12-13H,5-8H2,1-4H3. The van der Waals surface area contributed by atoms with Crippen molar-refractivity contribution in [2.24, 2.45) is 5.92 Å². The first-order chi connectivity index (χ1) is 6.36. The molecule has 2 unspecified atom stereocenters. The minimum atomic E-state index is -0.633. The highest BCUT2D eigenvalue weighted by Gasteiger charge is 2.33. The summed E-state index contributed by atoms with van der Waals surface area (Å²) < 4.78 is 5.34. The average Bonchev–Trinajstić information content (AvgIpc) is 2.50. The van der Waals surface area contributed by atoms with Crippen molar-refractivity contribution in [3.8, 4) is 0 Å². The van der Waals surface area contributed by atoms with Crippen LogP contribution in [0.4, 0.5) is 0 Å². The van der Waals surface area contributed by atoms with Crippen molar-refractivity contribution in [2.45, 2.75) is 45.3 Å². The van der Waals surface area contributed by atoms with E-state index in [4.69, 9.17) is 4.74 Å². The van der Waals surface area contributed by atoms with Crippen LogP contribution in [-0.2, 0) is 4.74 Å². The van der Waals surface area contributed by atoms with E-state index in [2.05, 4.69) is 12.2 Å². The van der Waals surface area contributed by atoms with Crippen LogP contribution in [0.5, 0.6) is 0 Å². The smallest absolute Gasteiger partial charge is 0.0766 e. The first-order valence-corrected chi connectivity index (χ1v) is 5.41. The molecule has 0 saturated carbocycles. The van der Waals surface area contributed by atoms with Gasteiger partial charge in [0, 0.05) is 18.7 Å². The van der Waals surface area contributed by atoms with Crippen LogP contribution in [0, 0.1) is 5.92 Å². The SMILES string of the molecule is CC(C)C(C)(O)CNC1(C)CCOC1. The van der Waals surface area contributed by atoms with Crippen molar-refractivity contribution in [1.82, 2.24) is 5.32 Å². The largest absolute Gasteiger partial charge is 0.389 e. The third kappa shape index (κ3) is 2.94. The Labute approximate surface area is 86.8 Å². The fourth-order valence-electron chi connectivity index (χ4n) is 1.40. The number of rotatable bonds is 4. The zero-order valence-electron chi connectivity index (χ0n) is 9.76. The molecule has 1 aliphatic rings. The lowest BCUT2D eigenvalue weighted by Gasteiger charge is -2.33. The first kappa shape index (κ1) is 12.0. The van der Waals surface area contributed by atoms with Gasteiger partial charge in [0.15, 0.2) is 0 Å². The van der Waals surface area contributed by atoms with Crippen LogP contribution in [0.2, 0.25) is 0 Å². The Bertz CT molecular complexity index is 179. The van der Waals surface area contributed by atoms with Crippen LogP contribution in [0.1, 0.15) is 34.1 Å². The molecule has 0 bridgehead atoms. The molecule has 0 radical (unpaired) electrons. The molecule has 1 rings (SSSR count). The molecule has 2 N–H and O–H groups in total. The highest BCUT2D eigenvalue weighted by molar-refractivity contribution is 4.90. The molecular formula is C11H23NO2. The summed E-state index contributed by atoms with van der Waals surface area (Å²) in [6.45, 7) is 10.3. The number of hydrogen-bond acceptors (Lipinski definition) is 3. The molecule has 84 valence electrons. The number of ether oxygens (including phenoxy) is 1. The maximum atomic E-state index is 10.1. The van der Waals surface area contributed by atoms with Gasteiger partial charge in [-0.25, -0.2) is 0 Å². The summed E-state index contributed by atoms with van der Waals surface area (Å²) in [5.74, 6) is 0.265. The van der Waals surface area contributed by atoms with Crippen LogP contribution < -0.4 is 5.32 Å². The van der Waals surface area contributed by atoms with E-state index in [0.717, 1.165) is 19.6 Å². The highest BCUT2D eigenvalue weighted by Crippen LogP contribution is 2.20. The van der Waals surface area contributed by atoms with Crippen LogP contribution >= 0.6 is 0 Å². The highest BCUT2D eigenvalue weighted by atomic mass is 16.5. The summed E-state index contributed by atoms with van der Waals surface area (Å²) in [6.07, 6.45) is 1.03. The number of aliphatic hydroxyl groups is 1. The van der Waals surface area contributed by atoms with Gasteiger partial charge in [-0.3, -0.25) is 0 Å². The molecule has 0 aromatic heterocycles. The maximum absolute atomic E-state index is 10.1. The maximum Gasteiger partial charge on any atom is 0.0766 e. The van der Waals surface area contributed by atoms with Gasteiger partial charge >= 0.3 is 0 Å². The van der Waals surface area contributed by atoms with E-state index in [1.165, 1.54) is 0 Å². The topological polar surface area (TPSA) is 41.5 Å². The molecule has 1 saturated heterocycles. The van der Waals surface area contributed by atoms with Crippen LogP contribution in [0.15, 0.2) is 0 Å². The van der Waals surface area contributed by atoms with Crippen molar-refractivity contribution in [2.75, 3.05) is 19.8 Å². The van der Waals surface area contributed by atoms with Crippen LogP contribution in [0.25, 0.3) is 0 Å². The van der Waals surface area contributed by atoms with E-state index in [9.17, 15) is 5.11 Å². The van der Waals surface area contributed by atoms with Crippen molar-refractivity contribution >= 4 is 0 Å². The lowest BCUT2D eigenvalue weighted by atomic mass is 9.91. The van der Waals surface area contributed by atoms with Gasteiger partial charge < -0.3 is 15.2 Å². The lowest BCUT2D eigenvalue weighted by molar-refractivity contribution is 0.00675. The van der Waals surface area contributed by atoms with E-state index >= 15 is 0 Å². The van der Waals surface area contributed by atoms with E-state index < -0.39 is 5.60 Å². The van der Waals surface area contributed by atoms with Gasteiger partial charge in [-0.15, -0.1) is 0 Å². The molecule has 3 nitrogen and oxygen atoms in total. The van der Waals surface area contributed by atoms with E-state index in [0.29, 0.717) is 6.54 Å². The monoisotopic (exact) mass is 201 g/mol. The van der Waals surface area contributed by atoms with Gasteiger partial charge in [-0.1, -0.05) is 13.8 Å². The van der Waals surface area contributed by atoms with E-state index in [-0.39, 0.29) is 11.5 Å². The zero-order valence-corrected chi connectivity index (χ0v) is 9.76. The van der Waals surface area contributed by atoms with Crippen molar-refractivity contribution in [1.29, 1.82) is 0 Å². The molecule has 1 heterocycles. The van der Waals surface area contributed by atoms with E-state index in [1.807, 2.05) is 20.8 Å². The third-order valence-corrected chi connectivity index (χ3v) is 3.34. The van der Waals surface area contributed by atoms with Gasteiger partial charge in [0.25, 0.3) is 0 Å². The Kier molecular flexibility index (Phi) is 3.56.